The second-order valence-electron chi connectivity index (χ2n) is 6.47. The van der Waals surface area contributed by atoms with E-state index in [4.69, 9.17) is 0 Å². The Hall–Kier alpha value is -1.60. The first kappa shape index (κ1) is 17.7. The lowest BCUT2D eigenvalue weighted by Gasteiger charge is -2.18. The first-order chi connectivity index (χ1) is 11.4. The molecule has 0 fully saturated rings. The van der Waals surface area contributed by atoms with Crippen molar-refractivity contribution < 1.29 is 0 Å². The van der Waals surface area contributed by atoms with Crippen molar-refractivity contribution in [2.24, 2.45) is 5.92 Å². The molecule has 2 aromatic carbocycles. The van der Waals surface area contributed by atoms with Crippen molar-refractivity contribution in [2.45, 2.75) is 45.4 Å². The van der Waals surface area contributed by atoms with E-state index in [1.165, 1.54) is 49.7 Å². The fourth-order valence-corrected chi connectivity index (χ4v) is 2.99. The van der Waals surface area contributed by atoms with E-state index in [-0.39, 0.29) is 0 Å². The summed E-state index contributed by atoms with van der Waals surface area (Å²) in [7, 11) is 0. The molecule has 0 spiro atoms. The van der Waals surface area contributed by atoms with E-state index in [0.29, 0.717) is 0 Å². The van der Waals surface area contributed by atoms with Crippen LogP contribution in [0.5, 0.6) is 0 Å². The number of aryl methyl sites for hydroxylation is 2. The van der Waals surface area contributed by atoms with Crippen molar-refractivity contribution in [1.82, 2.24) is 5.32 Å². The minimum Gasteiger partial charge on any atom is -0.316 e. The summed E-state index contributed by atoms with van der Waals surface area (Å²) in [5, 5.41) is 3.66. The molecule has 0 heterocycles. The summed E-state index contributed by atoms with van der Waals surface area (Å²) in [6.07, 6.45) is 7.48. The standard InChI is InChI=1S/C22H31N/c1-2-3-18-23-19-22(16-14-20-10-6-4-7-11-20)17-15-21-12-8-5-9-13-21/h4-13,22-23H,2-3,14-19H2,1H3. The third-order valence-corrected chi connectivity index (χ3v) is 4.51. The quantitative estimate of drug-likeness (QED) is 0.558. The zero-order chi connectivity index (χ0) is 16.2. The molecule has 1 N–H and O–H groups in total. The Kier molecular flexibility index (Phi) is 8.50. The summed E-state index contributed by atoms with van der Waals surface area (Å²) in [6.45, 7) is 4.56. The molecule has 0 radical (unpaired) electrons. The van der Waals surface area contributed by atoms with Crippen LogP contribution in [-0.4, -0.2) is 13.1 Å². The molecular formula is C22H31N. The molecule has 0 aliphatic heterocycles. The second-order valence-corrected chi connectivity index (χ2v) is 6.47. The van der Waals surface area contributed by atoms with E-state index in [9.17, 15) is 0 Å². The van der Waals surface area contributed by atoms with E-state index >= 15 is 0 Å². The summed E-state index contributed by atoms with van der Waals surface area (Å²) in [5.41, 5.74) is 2.93. The van der Waals surface area contributed by atoms with Gasteiger partial charge in [0.1, 0.15) is 0 Å². The van der Waals surface area contributed by atoms with E-state index in [1.807, 2.05) is 0 Å². The highest BCUT2D eigenvalue weighted by molar-refractivity contribution is 5.16. The second kappa shape index (κ2) is 11.0. The molecule has 1 heteroatoms. The SMILES string of the molecule is CCCCNCC(CCc1ccccc1)CCc1ccccc1. The van der Waals surface area contributed by atoms with Crippen LogP contribution in [0.4, 0.5) is 0 Å². The third kappa shape index (κ3) is 7.47. The van der Waals surface area contributed by atoms with Crippen LogP contribution in [0.25, 0.3) is 0 Å². The Bertz CT molecular complexity index is 463. The van der Waals surface area contributed by atoms with Crippen LogP contribution in [0.3, 0.4) is 0 Å². The van der Waals surface area contributed by atoms with Crippen molar-refractivity contribution >= 4 is 0 Å². The first-order valence-electron chi connectivity index (χ1n) is 9.17. The van der Waals surface area contributed by atoms with Crippen LogP contribution >= 0.6 is 0 Å². The van der Waals surface area contributed by atoms with Gasteiger partial charge >= 0.3 is 0 Å². The number of benzene rings is 2. The maximum absolute atomic E-state index is 3.66. The van der Waals surface area contributed by atoms with E-state index in [0.717, 1.165) is 19.0 Å². The first-order valence-corrected chi connectivity index (χ1v) is 9.17. The number of nitrogens with one attached hydrogen (secondary N) is 1. The molecule has 0 saturated carbocycles. The lowest BCUT2D eigenvalue weighted by atomic mass is 9.93. The van der Waals surface area contributed by atoms with Gasteiger partial charge in [-0.15, -0.1) is 0 Å². The summed E-state index contributed by atoms with van der Waals surface area (Å²) in [6, 6.07) is 21.8. The third-order valence-electron chi connectivity index (χ3n) is 4.51. The van der Waals surface area contributed by atoms with E-state index in [1.54, 1.807) is 0 Å². The lowest BCUT2D eigenvalue weighted by Crippen LogP contribution is -2.24. The molecule has 2 rings (SSSR count). The van der Waals surface area contributed by atoms with Gasteiger partial charge in [0, 0.05) is 0 Å². The highest BCUT2D eigenvalue weighted by Crippen LogP contribution is 2.16. The van der Waals surface area contributed by atoms with Crippen LogP contribution in [0, 0.1) is 5.92 Å². The molecule has 0 aliphatic rings. The Morgan fingerprint density at radius 2 is 1.30 bits per heavy atom. The molecule has 0 unspecified atom stereocenters. The monoisotopic (exact) mass is 309 g/mol. The van der Waals surface area contributed by atoms with Crippen LogP contribution < -0.4 is 5.32 Å². The average molecular weight is 309 g/mol. The largest absolute Gasteiger partial charge is 0.316 e. The summed E-state index contributed by atoms with van der Waals surface area (Å²) < 4.78 is 0. The van der Waals surface area contributed by atoms with Crippen LogP contribution in [0.15, 0.2) is 60.7 Å². The number of rotatable bonds is 11. The van der Waals surface area contributed by atoms with Gasteiger partial charge < -0.3 is 5.32 Å². The zero-order valence-electron chi connectivity index (χ0n) is 14.5. The zero-order valence-corrected chi connectivity index (χ0v) is 14.5. The molecule has 1 nitrogen and oxygen atoms in total. The molecule has 0 aliphatic carbocycles. The molecule has 0 atom stereocenters. The molecule has 0 bridgehead atoms. The predicted octanol–water partition coefficient (Wildman–Crippen LogP) is 5.26. The maximum Gasteiger partial charge on any atom is -0.00203 e. The highest BCUT2D eigenvalue weighted by atomic mass is 14.8. The van der Waals surface area contributed by atoms with Gasteiger partial charge in [0.2, 0.25) is 0 Å². The van der Waals surface area contributed by atoms with Gasteiger partial charge in [-0.3, -0.25) is 0 Å². The molecule has 0 saturated heterocycles. The minimum atomic E-state index is 0.757. The average Bonchev–Trinajstić information content (AvgIpc) is 2.62. The molecule has 23 heavy (non-hydrogen) atoms. The summed E-state index contributed by atoms with van der Waals surface area (Å²) in [5.74, 6) is 0.757. The lowest BCUT2D eigenvalue weighted by molar-refractivity contribution is 0.416. The van der Waals surface area contributed by atoms with Crippen LogP contribution in [0.1, 0.15) is 43.7 Å². The fraction of sp³-hybridized carbons (Fsp3) is 0.455. The van der Waals surface area contributed by atoms with Gasteiger partial charge in [-0.2, -0.15) is 0 Å². The Balaban J connectivity index is 1.80. The molecule has 0 aromatic heterocycles. The van der Waals surface area contributed by atoms with Gasteiger partial charge in [0.25, 0.3) is 0 Å². The maximum atomic E-state index is 3.66. The van der Waals surface area contributed by atoms with E-state index in [2.05, 4.69) is 72.9 Å². The van der Waals surface area contributed by atoms with Gasteiger partial charge in [0.05, 0.1) is 0 Å². The normalized spacial score (nSPS) is 11.0. The molecular weight excluding hydrogens is 278 g/mol. The molecule has 2 aromatic rings. The van der Waals surface area contributed by atoms with Gasteiger partial charge in [-0.25, -0.2) is 0 Å². The Morgan fingerprint density at radius 1 is 0.783 bits per heavy atom. The minimum absolute atomic E-state index is 0.757. The van der Waals surface area contributed by atoms with Crippen molar-refractivity contribution in [3.63, 3.8) is 0 Å². The van der Waals surface area contributed by atoms with Crippen LogP contribution in [0.2, 0.25) is 0 Å². The topological polar surface area (TPSA) is 12.0 Å². The highest BCUT2D eigenvalue weighted by Gasteiger charge is 2.09. The Morgan fingerprint density at radius 3 is 1.78 bits per heavy atom. The van der Waals surface area contributed by atoms with Crippen LogP contribution in [-0.2, 0) is 12.8 Å². The van der Waals surface area contributed by atoms with Crippen molar-refractivity contribution in [2.75, 3.05) is 13.1 Å². The number of hydrogen-bond acceptors (Lipinski definition) is 1. The molecule has 124 valence electrons. The van der Waals surface area contributed by atoms with Gasteiger partial charge in [-0.1, -0.05) is 74.0 Å². The number of unbranched alkanes of at least 4 members (excludes halogenated alkanes) is 1. The molecule has 0 amide bonds. The van der Waals surface area contributed by atoms with E-state index < -0.39 is 0 Å². The summed E-state index contributed by atoms with van der Waals surface area (Å²) in [4.78, 5) is 0. The van der Waals surface area contributed by atoms with Crippen molar-refractivity contribution in [3.8, 4) is 0 Å². The Labute approximate surface area is 142 Å². The van der Waals surface area contributed by atoms with Crippen molar-refractivity contribution in [3.05, 3.63) is 71.8 Å². The summed E-state index contributed by atoms with van der Waals surface area (Å²) >= 11 is 0. The van der Waals surface area contributed by atoms with Gasteiger partial charge in [0.15, 0.2) is 0 Å². The van der Waals surface area contributed by atoms with Crippen molar-refractivity contribution in [1.29, 1.82) is 0 Å². The fourth-order valence-electron chi connectivity index (χ4n) is 2.99. The van der Waals surface area contributed by atoms with Gasteiger partial charge in [-0.05, 0) is 62.2 Å². The predicted molar refractivity (Wildman–Crippen MR) is 101 cm³/mol. The number of hydrogen-bond donors (Lipinski definition) is 1. The smallest absolute Gasteiger partial charge is 0.00203 e.